The smallest absolute Gasteiger partial charge is 0.188 e. The van der Waals surface area contributed by atoms with Gasteiger partial charge in [0.15, 0.2) is 16.7 Å². The van der Waals surface area contributed by atoms with Crippen LogP contribution in [0.4, 0.5) is 10.9 Å². The molecule has 0 saturated carbocycles. The first-order chi connectivity index (χ1) is 15.2. The lowest BCUT2D eigenvalue weighted by atomic mass is 9.98. The van der Waals surface area contributed by atoms with Crippen molar-refractivity contribution in [2.24, 2.45) is 0 Å². The maximum absolute atomic E-state index is 6.19. The van der Waals surface area contributed by atoms with Gasteiger partial charge in [0.05, 0.1) is 5.69 Å². The third kappa shape index (κ3) is 5.08. The minimum atomic E-state index is 0. The number of rotatable bonds is 6. The van der Waals surface area contributed by atoms with E-state index in [0.717, 1.165) is 39.3 Å². The maximum Gasteiger partial charge on any atom is 0.188 e. The summed E-state index contributed by atoms with van der Waals surface area (Å²) in [7, 11) is 0. The van der Waals surface area contributed by atoms with E-state index < -0.39 is 0 Å². The number of thiazole rings is 1. The van der Waals surface area contributed by atoms with Crippen molar-refractivity contribution in [1.82, 2.24) is 19.9 Å². The van der Waals surface area contributed by atoms with Crippen LogP contribution in [0.1, 0.15) is 37.2 Å². The topological polar surface area (TPSA) is 72.8 Å². The Balaban J connectivity index is 0.00000245. The number of pyridine rings is 1. The van der Waals surface area contributed by atoms with Crippen LogP contribution < -0.4 is 10.1 Å². The molecule has 3 heterocycles. The summed E-state index contributed by atoms with van der Waals surface area (Å²) in [6, 6.07) is 11.7. The van der Waals surface area contributed by atoms with Gasteiger partial charge < -0.3 is 10.1 Å². The number of hydrogen-bond acceptors (Lipinski definition) is 8. The predicted molar refractivity (Wildman–Crippen MR) is 130 cm³/mol. The van der Waals surface area contributed by atoms with E-state index >= 15 is 0 Å². The number of nitrogens with zero attached hydrogens (tertiary/aromatic N) is 4. The first kappa shape index (κ1) is 22.2. The van der Waals surface area contributed by atoms with Gasteiger partial charge in [-0.15, -0.1) is 11.3 Å². The maximum atomic E-state index is 6.19. The summed E-state index contributed by atoms with van der Waals surface area (Å²) in [4.78, 5) is 19.1. The summed E-state index contributed by atoms with van der Waals surface area (Å²) in [5.41, 5.74) is 3.42. The van der Waals surface area contributed by atoms with Crippen LogP contribution in [0.3, 0.4) is 0 Å². The van der Waals surface area contributed by atoms with Crippen molar-refractivity contribution in [3.05, 3.63) is 71.3 Å². The van der Waals surface area contributed by atoms with Gasteiger partial charge in [-0.25, -0.2) is 19.9 Å². The molecule has 8 heteroatoms. The second-order valence-electron chi connectivity index (χ2n) is 7.27. The fourth-order valence-electron chi connectivity index (χ4n) is 3.47. The number of hydrogen-bond donors (Lipinski definition) is 1. The highest BCUT2D eigenvalue weighted by Crippen LogP contribution is 2.38. The Bertz CT molecular complexity index is 1200. The molecular formula is C24H25N5OS2. The van der Waals surface area contributed by atoms with Crippen molar-refractivity contribution < 1.29 is 4.74 Å². The molecule has 0 fully saturated rings. The molecule has 0 spiro atoms. The monoisotopic (exact) mass is 463 g/mol. The number of benzene rings is 1. The van der Waals surface area contributed by atoms with Crippen molar-refractivity contribution >= 4 is 34.0 Å². The minimum absolute atomic E-state index is 0. The number of fused-ring (bicyclic) bond motifs is 1. The van der Waals surface area contributed by atoms with Gasteiger partial charge in [0, 0.05) is 33.8 Å². The highest BCUT2D eigenvalue weighted by atomic mass is 32.2. The quantitative estimate of drug-likeness (QED) is 0.314. The lowest BCUT2D eigenvalue weighted by Gasteiger charge is -2.17. The molecule has 5 rings (SSSR count). The Kier molecular flexibility index (Phi) is 7.02. The van der Waals surface area contributed by atoms with Crippen molar-refractivity contribution in [1.29, 1.82) is 0 Å². The summed E-state index contributed by atoms with van der Waals surface area (Å²) in [5, 5.41) is 7.09. The lowest BCUT2D eigenvalue weighted by molar-refractivity contribution is 0.481. The van der Waals surface area contributed by atoms with E-state index in [-0.39, 0.29) is 7.43 Å². The van der Waals surface area contributed by atoms with Gasteiger partial charge in [0.1, 0.15) is 17.1 Å². The summed E-state index contributed by atoms with van der Waals surface area (Å²) >= 11 is 3.15. The zero-order valence-electron chi connectivity index (χ0n) is 17.0. The van der Waals surface area contributed by atoms with E-state index in [4.69, 9.17) is 4.74 Å². The van der Waals surface area contributed by atoms with E-state index in [1.165, 1.54) is 24.1 Å². The Morgan fingerprint density at radius 2 is 1.91 bits per heavy atom. The summed E-state index contributed by atoms with van der Waals surface area (Å²) < 4.78 is 6.19. The van der Waals surface area contributed by atoms with Crippen molar-refractivity contribution in [2.45, 2.75) is 50.0 Å². The first-order valence-electron chi connectivity index (χ1n) is 10.2. The molecule has 0 bridgehead atoms. The van der Waals surface area contributed by atoms with Crippen molar-refractivity contribution in [2.75, 3.05) is 5.32 Å². The molecular weight excluding hydrogens is 438 g/mol. The van der Waals surface area contributed by atoms with E-state index in [2.05, 4.69) is 25.3 Å². The molecule has 0 saturated heterocycles. The van der Waals surface area contributed by atoms with Crippen LogP contribution in [0.15, 0.2) is 64.2 Å². The second kappa shape index (κ2) is 10.1. The lowest BCUT2D eigenvalue weighted by Crippen LogP contribution is -2.07. The van der Waals surface area contributed by atoms with Crippen LogP contribution in [0.5, 0.6) is 11.5 Å². The van der Waals surface area contributed by atoms with Gasteiger partial charge in [-0.05, 0) is 44.7 Å². The molecule has 1 N–H and O–H groups in total. The van der Waals surface area contributed by atoms with Gasteiger partial charge in [0.2, 0.25) is 0 Å². The summed E-state index contributed by atoms with van der Waals surface area (Å²) in [6.45, 7) is 1.97. The third-order valence-corrected chi connectivity index (χ3v) is 6.82. The van der Waals surface area contributed by atoms with E-state index in [0.29, 0.717) is 11.6 Å². The fraction of sp³-hybridized carbons (Fsp3) is 0.250. The van der Waals surface area contributed by atoms with Crippen LogP contribution in [0, 0.1) is 6.92 Å². The zero-order chi connectivity index (χ0) is 21.0. The molecule has 4 aromatic rings. The highest BCUT2D eigenvalue weighted by Gasteiger charge is 2.18. The molecule has 164 valence electrons. The van der Waals surface area contributed by atoms with Crippen molar-refractivity contribution in [3.63, 3.8) is 0 Å². The molecule has 1 aliphatic carbocycles. The summed E-state index contributed by atoms with van der Waals surface area (Å²) in [5.74, 6) is 2.03. The number of nitrogens with one attached hydrogen (secondary N) is 1. The van der Waals surface area contributed by atoms with E-state index in [9.17, 15) is 0 Å². The number of aromatic nitrogens is 4. The number of ether oxygens (including phenoxy) is 1. The molecule has 0 radical (unpaired) electrons. The zero-order valence-corrected chi connectivity index (χ0v) is 18.7. The second-order valence-corrected chi connectivity index (χ2v) is 9.19. The van der Waals surface area contributed by atoms with E-state index in [1.54, 1.807) is 29.4 Å². The average Bonchev–Trinajstić information content (AvgIpc) is 3.21. The van der Waals surface area contributed by atoms with Gasteiger partial charge in [-0.3, -0.25) is 0 Å². The van der Waals surface area contributed by atoms with Crippen LogP contribution in [0.25, 0.3) is 0 Å². The average molecular weight is 464 g/mol. The molecule has 0 unspecified atom stereocenters. The van der Waals surface area contributed by atoms with Crippen LogP contribution in [-0.2, 0) is 12.8 Å². The Hall–Kier alpha value is -2.97. The van der Waals surface area contributed by atoms with Gasteiger partial charge in [-0.1, -0.05) is 37.4 Å². The van der Waals surface area contributed by atoms with Crippen LogP contribution >= 0.6 is 23.1 Å². The van der Waals surface area contributed by atoms with E-state index in [1.807, 2.05) is 54.9 Å². The molecule has 1 aromatic carbocycles. The molecule has 6 nitrogen and oxygen atoms in total. The Morgan fingerprint density at radius 3 is 2.72 bits per heavy atom. The number of aryl methyl sites for hydroxylation is 2. The van der Waals surface area contributed by atoms with Crippen LogP contribution in [-0.4, -0.2) is 19.9 Å². The number of anilines is 2. The molecule has 0 atom stereocenters. The van der Waals surface area contributed by atoms with Gasteiger partial charge >= 0.3 is 0 Å². The highest BCUT2D eigenvalue weighted by molar-refractivity contribution is 7.99. The Labute approximate surface area is 196 Å². The van der Waals surface area contributed by atoms with Gasteiger partial charge in [-0.2, -0.15) is 0 Å². The molecule has 3 aromatic heterocycles. The van der Waals surface area contributed by atoms with Gasteiger partial charge in [0.25, 0.3) is 0 Å². The standard InChI is InChI=1S/C23H21N5OS2.CH4/c1-15-13-30-23(27-15)28-21-20(29-16-7-3-2-4-8-16)11-17(12-24-21)31-22-18-9-5-6-10-19(18)25-14-26-22;/h2-4,7-8,11-14H,5-6,9-10H2,1H3,(H,24,27,28);1H4. The first-order valence-corrected chi connectivity index (χ1v) is 11.9. The Morgan fingerprint density at radius 1 is 1.06 bits per heavy atom. The molecule has 32 heavy (non-hydrogen) atoms. The summed E-state index contributed by atoms with van der Waals surface area (Å²) in [6.07, 6.45) is 7.96. The SMILES string of the molecule is C.Cc1csc(Nc2ncc(Sc3ncnc4c3CCCC4)cc2Oc2ccccc2)n1. The fourth-order valence-corrected chi connectivity index (χ4v) is 5.10. The van der Waals surface area contributed by atoms with Crippen LogP contribution in [0.2, 0.25) is 0 Å². The minimum Gasteiger partial charge on any atom is -0.453 e. The normalized spacial score (nSPS) is 12.5. The third-order valence-electron chi connectivity index (χ3n) is 4.94. The molecule has 0 aliphatic heterocycles. The predicted octanol–water partition coefficient (Wildman–Crippen LogP) is 6.84. The molecule has 0 amide bonds. The van der Waals surface area contributed by atoms with Crippen molar-refractivity contribution in [3.8, 4) is 11.5 Å². The largest absolute Gasteiger partial charge is 0.453 e. The molecule has 1 aliphatic rings. The number of para-hydroxylation sites is 1.